The zero-order chi connectivity index (χ0) is 93.1. The molecule has 39 nitrogen and oxygen atoms in total. The van der Waals surface area contributed by atoms with Crippen molar-refractivity contribution in [3.8, 4) is 57.1 Å². The van der Waals surface area contributed by atoms with E-state index in [-0.39, 0.29) is 42.1 Å². The van der Waals surface area contributed by atoms with Crippen LogP contribution >= 0.6 is 23.2 Å². The predicted octanol–water partition coefficient (Wildman–Crippen LogP) is 1.90. The molecule has 2 saturated heterocycles. The van der Waals surface area contributed by atoms with Gasteiger partial charge >= 0.3 is 18.0 Å². The molecule has 7 aromatic carbocycles. The number of anilines is 1. The number of amides is 11. The number of aliphatic hydroxyl groups excluding tert-OH is 6. The van der Waals surface area contributed by atoms with Crippen LogP contribution in [0.2, 0.25) is 10.0 Å². The lowest BCUT2D eigenvalue weighted by Crippen LogP contribution is -2.65. The van der Waals surface area contributed by atoms with E-state index in [1.807, 2.05) is 5.43 Å². The average Bonchev–Trinajstić information content (AvgIpc) is 0.763. The van der Waals surface area contributed by atoms with Crippen molar-refractivity contribution in [1.82, 2.24) is 53.4 Å². The fraction of sp³-hybridized carbons (Fsp3) is 0.361. The number of phenols is 3. The summed E-state index contributed by atoms with van der Waals surface area (Å²) >= 11 is 14.3. The van der Waals surface area contributed by atoms with Crippen LogP contribution in [0.15, 0.2) is 121 Å². The molecule has 128 heavy (non-hydrogen) atoms. The third-order valence-corrected chi connectivity index (χ3v) is 22.3. The number of rotatable bonds is 18. The Morgan fingerprint density at radius 3 is 1.91 bits per heavy atom. The van der Waals surface area contributed by atoms with Crippen LogP contribution in [0.4, 0.5) is 23.2 Å². The summed E-state index contributed by atoms with van der Waals surface area (Å²) in [6, 6.07) is 5.55. The Morgan fingerprint density at radius 1 is 0.680 bits per heavy atom. The number of hydrogen-bond acceptors (Lipinski definition) is 28. The number of benzene rings is 7. The maximum Gasteiger partial charge on any atom is 0.419 e. The van der Waals surface area contributed by atoms with E-state index >= 15 is 24.0 Å². The highest BCUT2D eigenvalue weighted by molar-refractivity contribution is 6.34. The second kappa shape index (κ2) is 38.9. The maximum absolute atomic E-state index is 16.3. The van der Waals surface area contributed by atoms with Gasteiger partial charge < -0.3 is 134 Å². The molecule has 0 aliphatic carbocycles. The van der Waals surface area contributed by atoms with Crippen molar-refractivity contribution in [1.29, 1.82) is 0 Å². The van der Waals surface area contributed by atoms with Crippen molar-refractivity contribution >= 4 is 93.9 Å². The molecule has 7 aliphatic heterocycles. The number of hydrazine groups is 1. The highest BCUT2D eigenvalue weighted by atomic mass is 35.5. The molecule has 45 heteroatoms. The van der Waals surface area contributed by atoms with Gasteiger partial charge in [0.15, 0.2) is 23.9 Å². The topological polar surface area (TPSA) is 610 Å². The molecule has 11 bridgehead atoms. The lowest BCUT2D eigenvalue weighted by molar-refractivity contribution is -0.334. The second-order valence-electron chi connectivity index (χ2n) is 31.3. The lowest BCUT2D eigenvalue weighted by atomic mass is 9.84. The number of hydrogen-bond donors (Lipinski definition) is 22. The van der Waals surface area contributed by atoms with Gasteiger partial charge in [-0.2, -0.15) is 13.2 Å². The van der Waals surface area contributed by atoms with Crippen LogP contribution in [0.1, 0.15) is 127 Å². The first-order valence-electron chi connectivity index (χ1n) is 39.3. The first-order chi connectivity index (χ1) is 60.4. The van der Waals surface area contributed by atoms with Crippen molar-refractivity contribution in [2.75, 3.05) is 19.0 Å². The number of phenolic OH excluding ortho intramolecular Hbond substituents is 3. The Balaban J connectivity index is 1.01. The van der Waals surface area contributed by atoms with Gasteiger partial charge in [0.25, 0.3) is 11.8 Å². The van der Waals surface area contributed by atoms with E-state index in [0.717, 1.165) is 72.8 Å². The van der Waals surface area contributed by atoms with Crippen LogP contribution in [0.25, 0.3) is 11.1 Å². The number of primary amides is 2. The molecule has 682 valence electrons. The summed E-state index contributed by atoms with van der Waals surface area (Å²) in [6.07, 6.45) is -25.3. The van der Waals surface area contributed by atoms with E-state index in [9.17, 15) is 92.3 Å². The number of nitrogens with one attached hydrogen (secondary N) is 11. The van der Waals surface area contributed by atoms with Gasteiger partial charge in [0.1, 0.15) is 101 Å². The van der Waals surface area contributed by atoms with Crippen molar-refractivity contribution in [3.05, 3.63) is 182 Å². The van der Waals surface area contributed by atoms with E-state index in [1.165, 1.54) is 44.3 Å². The smallest absolute Gasteiger partial charge is 0.419 e. The van der Waals surface area contributed by atoms with Gasteiger partial charge in [0.05, 0.1) is 46.9 Å². The third-order valence-electron chi connectivity index (χ3n) is 21.7. The molecule has 18 atom stereocenters. The van der Waals surface area contributed by atoms with Gasteiger partial charge in [-0.05, 0) is 152 Å². The van der Waals surface area contributed by atoms with E-state index in [2.05, 4.69) is 47.9 Å². The summed E-state index contributed by atoms with van der Waals surface area (Å²) in [6.45, 7) is 5.48. The van der Waals surface area contributed by atoms with Crippen LogP contribution in [-0.4, -0.2) is 204 Å². The fourth-order valence-corrected chi connectivity index (χ4v) is 15.5. The minimum atomic E-state index is -5.10. The predicted molar refractivity (Wildman–Crippen MR) is 436 cm³/mol. The number of aliphatic hydroxyl groups is 6. The van der Waals surface area contributed by atoms with E-state index in [0.29, 0.717) is 23.8 Å². The Kier molecular flexibility index (Phi) is 28.7. The maximum atomic E-state index is 16.3. The van der Waals surface area contributed by atoms with Crippen LogP contribution in [0.5, 0.6) is 46.0 Å². The second-order valence-corrected chi connectivity index (χ2v) is 32.1. The first kappa shape index (κ1) is 94.5. The minimum absolute atomic E-state index is 0.0602. The van der Waals surface area contributed by atoms with E-state index in [1.54, 1.807) is 26.2 Å². The van der Waals surface area contributed by atoms with Gasteiger partial charge in [-0.1, -0.05) is 67.4 Å². The Hall–Kier alpha value is -12.6. The average molecular weight is 1830 g/mol. The molecule has 0 aromatic heterocycles. The van der Waals surface area contributed by atoms with Gasteiger partial charge in [-0.15, -0.1) is 0 Å². The standard InChI is InChI=1S/C83H87Cl2F4N13O26/c1-31(2)18-47(92-5)73(115)99-62-64(108)35-10-16-51(44(84)21-35)124-53-23-38-24-54(68(53)128-81-69(67(111)66(110)55(30-103)126-81)127-57-28-82(4,70(112)32(3)123-57)93-29-33-6-12-39(13-7-33)94-72(114)37-8-14-46(86)43(20-37)83(87,88)89)125-52-17-11-36(22-45(52)85)65(109)63-78(120)98-61(79(121)101-102-80(122)71(91)113)42-25-40(104)26-50(106)58(42)41-19-34(9-15-49(41)105)59(75(117)100-63)97-76(118)60(38)96-74(116)48(27-56(90)107)95-77(62)119/h6-17,19-26,31-32,47-48,55,57,59-67,69-70,81,92-93,103-106,108-112H,18,27-30H2,1-5H3,(H2,90,107)(H2,91,113)(H,94,114)(H,95,119)(H,96,116)(H,97,118)(H,98,120)(H,99,115)(H,100,117)(H,101,121)(H,102,122)/t32?,47?,48?,55?,57?,59?,60?,61-,62?,63?,64?,65?,66?,67?,69?,70?,81?,82-/m1/s1. The molecule has 11 amide bonds. The van der Waals surface area contributed by atoms with Crippen LogP contribution in [-0.2, 0) is 74.9 Å². The molecule has 2 fully saturated rings. The molecule has 0 saturated carbocycles. The Labute approximate surface area is 732 Å². The number of nitrogens with two attached hydrogens (primary N) is 2. The first-order valence-corrected chi connectivity index (χ1v) is 40.0. The van der Waals surface area contributed by atoms with Crippen molar-refractivity contribution in [3.63, 3.8) is 0 Å². The number of halogens is 6. The molecular formula is C83H87Cl2F4N13O26. The third kappa shape index (κ3) is 21.0. The highest BCUT2D eigenvalue weighted by Gasteiger charge is 2.53. The zero-order valence-corrected chi connectivity index (χ0v) is 69.4. The number of alkyl halides is 3. The number of carbonyl (C=O) groups is 11. The number of fused-ring (bicyclic) bond motifs is 15. The van der Waals surface area contributed by atoms with Crippen LogP contribution in [0, 0.1) is 11.7 Å². The van der Waals surface area contributed by atoms with Gasteiger partial charge in [-0.25, -0.2) is 4.39 Å². The van der Waals surface area contributed by atoms with Crippen LogP contribution < -0.4 is 84.4 Å². The molecule has 0 radical (unpaired) electrons. The summed E-state index contributed by atoms with van der Waals surface area (Å²) in [7, 11) is 1.44. The minimum Gasteiger partial charge on any atom is -0.508 e. The molecule has 24 N–H and O–H groups in total. The van der Waals surface area contributed by atoms with E-state index < -0.39 is 294 Å². The van der Waals surface area contributed by atoms with Gasteiger partial charge in [-0.3, -0.25) is 63.6 Å². The molecular weight excluding hydrogens is 1740 g/mol. The summed E-state index contributed by atoms with van der Waals surface area (Å²) < 4.78 is 94.0. The molecule has 7 aromatic rings. The zero-order valence-electron chi connectivity index (χ0n) is 67.9. The number of aromatic hydroxyl groups is 3. The Morgan fingerprint density at radius 2 is 1.30 bits per heavy atom. The van der Waals surface area contributed by atoms with E-state index in [4.69, 9.17) is 63.1 Å². The lowest BCUT2D eigenvalue weighted by Gasteiger charge is -2.48. The summed E-state index contributed by atoms with van der Waals surface area (Å²) in [5, 5.41) is 129. The molecule has 14 rings (SSSR count). The normalized spacial score (nSPS) is 25.7. The number of ether oxygens (including phenoxy) is 6. The molecule has 16 unspecified atom stereocenters. The summed E-state index contributed by atoms with van der Waals surface area (Å²) in [5.41, 5.74) is 8.06. The largest absolute Gasteiger partial charge is 0.508 e. The number of likely N-dealkylation sites (N-methyl/N-ethyl adjacent to an activating group) is 1. The SMILES string of the molecule is CNC(CC(C)C)C(=O)NC1C(=O)NC(CC(N)=O)C(=O)NC2C(=O)NC3C(=O)NC(C(=O)N[C@@H](C(=O)NNC(=O)C(N)=O)c4cc(O)cc(O)c4-c4cc3ccc4O)C(O)c3ccc(c(Cl)c3)Oc3cc2cc(c3OC2OC(CO)C(O)C(O)C2OC2C[C@@](C)(NCc3ccc(NC(=O)c4ccc(F)c(C(F)(F)F)c4)cc3)C(O)C(C)O2)Oc2ccc(cc2Cl)C1O. The quantitative estimate of drug-likeness (QED) is 0.0331. The van der Waals surface area contributed by atoms with Crippen molar-refractivity contribution in [2.24, 2.45) is 17.4 Å². The fourth-order valence-electron chi connectivity index (χ4n) is 15.0. The van der Waals surface area contributed by atoms with Gasteiger partial charge in [0.2, 0.25) is 53.4 Å². The molecule has 7 heterocycles. The van der Waals surface area contributed by atoms with Crippen molar-refractivity contribution < 1.29 is 145 Å². The Bertz CT molecular complexity index is 5510. The van der Waals surface area contributed by atoms with Crippen molar-refractivity contribution in [2.45, 2.75) is 169 Å². The number of carbonyl (C=O) groups excluding carboxylic acids is 11. The monoisotopic (exact) mass is 1830 g/mol. The van der Waals surface area contributed by atoms with Gasteiger partial charge in [0, 0.05) is 46.9 Å². The summed E-state index contributed by atoms with van der Waals surface area (Å²) in [4.78, 5) is 157. The summed E-state index contributed by atoms with van der Waals surface area (Å²) in [5.74, 6) is -22.8. The van der Waals surface area contributed by atoms with Crippen LogP contribution in [0.3, 0.4) is 0 Å². The highest BCUT2D eigenvalue weighted by Crippen LogP contribution is 2.50. The molecule has 7 aliphatic rings. The molecule has 0 spiro atoms.